The number of nitrogens with two attached hydrogens (primary N) is 1. The highest BCUT2D eigenvalue weighted by Gasteiger charge is 2.23. The second-order valence-corrected chi connectivity index (χ2v) is 6.52. The maximum atomic E-state index is 12.4. The lowest BCUT2D eigenvalue weighted by Gasteiger charge is -2.20. The van der Waals surface area contributed by atoms with Crippen LogP contribution in [0.2, 0.25) is 4.24 Å². The van der Waals surface area contributed by atoms with Crippen LogP contribution < -0.4 is 25.4 Å². The van der Waals surface area contributed by atoms with Gasteiger partial charge >= 0.3 is 0 Å². The van der Waals surface area contributed by atoms with E-state index in [1.807, 2.05) is 0 Å². The first-order valence-corrected chi connectivity index (χ1v) is 9.01. The molecule has 0 spiro atoms. The molecule has 1 fully saturated rings. The second kappa shape index (κ2) is 9.13. The van der Waals surface area contributed by atoms with Gasteiger partial charge in [-0.05, 0) is 26.2 Å². The largest absolute Gasteiger partial charge is 0.493 e. The van der Waals surface area contributed by atoms with Crippen LogP contribution >= 0.6 is 0 Å². The number of nitrogen functional groups attached to an aromatic ring is 1. The highest BCUT2D eigenvalue weighted by Crippen LogP contribution is 2.38. The van der Waals surface area contributed by atoms with Gasteiger partial charge in [-0.3, -0.25) is 4.79 Å². The Morgan fingerprint density at radius 1 is 1.59 bits per heavy atom. The standard InChI is InChI=1S/C20H29N5O4/c1-12-16-13(11-15(27-3)17(12)28-4)23-20(24-18(16)21)25(2)9-6-8-22-19(26)14-7-5-10-29-14/h11,14H,5-10H2,1-4H3,(H,22,26)(H2,21,23,24)/i3D3,4D3,11D,14D/hD3. The van der Waals surface area contributed by atoms with Gasteiger partial charge in [0.1, 0.15) is 11.9 Å². The Kier molecular flexibility index (Phi) is 3.40. The van der Waals surface area contributed by atoms with E-state index in [-0.39, 0.29) is 66.5 Å². The van der Waals surface area contributed by atoms with Gasteiger partial charge < -0.3 is 30.1 Å². The Labute approximate surface area is 186 Å². The summed E-state index contributed by atoms with van der Waals surface area (Å²) in [5.41, 5.74) is -0.147. The van der Waals surface area contributed by atoms with Gasteiger partial charge in [-0.15, -0.1) is 0 Å². The number of ether oxygens (including phenoxy) is 3. The monoisotopic (exact) mass is 414 g/mol. The van der Waals surface area contributed by atoms with Crippen molar-refractivity contribution in [3.8, 4) is 11.5 Å². The summed E-state index contributed by atoms with van der Waals surface area (Å²) in [4.78, 5) is 22.4. The molecule has 3 rings (SSSR count). The summed E-state index contributed by atoms with van der Waals surface area (Å²) < 4.78 is 100. The third kappa shape index (κ3) is 4.45. The molecule has 0 saturated carbocycles. The molecule has 3 N–H and O–H groups in total. The van der Waals surface area contributed by atoms with Gasteiger partial charge in [0.05, 0.1) is 30.6 Å². The number of anilines is 2. The van der Waals surface area contributed by atoms with E-state index in [4.69, 9.17) is 29.4 Å². The van der Waals surface area contributed by atoms with Crippen molar-refractivity contribution in [1.82, 2.24) is 15.3 Å². The van der Waals surface area contributed by atoms with Crippen molar-refractivity contribution in [1.29, 1.82) is 0 Å². The van der Waals surface area contributed by atoms with Crippen molar-refractivity contribution in [3.63, 3.8) is 0 Å². The number of amides is 1. The highest BCUT2D eigenvalue weighted by molar-refractivity contribution is 5.95. The minimum Gasteiger partial charge on any atom is -0.493 e. The molecule has 1 atom stereocenters. The molecule has 1 amide bonds. The number of carbonyl (C=O) groups is 1. The summed E-state index contributed by atoms with van der Waals surface area (Å²) in [7, 11) is -4.57. The lowest BCUT2D eigenvalue weighted by atomic mass is 10.1. The van der Waals surface area contributed by atoms with Gasteiger partial charge in [0.2, 0.25) is 11.9 Å². The average molecular weight is 415 g/mol. The smallest absolute Gasteiger partial charge is 0.249 e. The van der Waals surface area contributed by atoms with Crippen molar-refractivity contribution in [2.75, 3.05) is 51.4 Å². The van der Waals surface area contributed by atoms with Gasteiger partial charge in [0, 0.05) is 43.7 Å². The first-order chi connectivity index (χ1) is 18.3. The topological polar surface area (TPSA) is 112 Å². The predicted octanol–water partition coefficient (Wildman–Crippen LogP) is 1.66. The molecule has 1 aromatic carbocycles. The molecule has 1 aliphatic rings. The summed E-state index contributed by atoms with van der Waals surface area (Å²) >= 11 is 0. The second-order valence-electron chi connectivity index (χ2n) is 6.52. The Bertz CT molecular complexity index is 1250. The fraction of sp³-hybridized carbons (Fsp3) is 0.550. The van der Waals surface area contributed by atoms with Gasteiger partial charge in [-0.25, -0.2) is 4.98 Å². The van der Waals surface area contributed by atoms with Crippen LogP contribution in [0, 0.1) is 6.92 Å². The maximum absolute atomic E-state index is 12.4. The van der Waals surface area contributed by atoms with Crippen molar-refractivity contribution < 1.29 is 34.2 Å². The maximum Gasteiger partial charge on any atom is 0.249 e. The normalized spacial score (nSPS) is 24.8. The molecule has 0 bridgehead atoms. The fourth-order valence-electron chi connectivity index (χ4n) is 3.03. The minimum absolute atomic E-state index is 0.0498. The van der Waals surface area contributed by atoms with E-state index in [0.29, 0.717) is 11.7 Å². The van der Waals surface area contributed by atoms with E-state index in [1.165, 1.54) is 11.8 Å². The number of aryl methyl sites for hydroxylation is 1. The summed E-state index contributed by atoms with van der Waals surface area (Å²) in [6.07, 6.45) is -0.784. The van der Waals surface area contributed by atoms with Crippen molar-refractivity contribution in [2.45, 2.75) is 32.3 Å². The van der Waals surface area contributed by atoms with E-state index in [2.05, 4.69) is 9.97 Å². The molecule has 1 aromatic heterocycles. The first-order valence-electron chi connectivity index (χ1n) is 14.4. The highest BCUT2D eigenvalue weighted by atomic mass is 16.5. The van der Waals surface area contributed by atoms with E-state index < -0.39 is 43.6 Å². The number of methoxy groups -OCH3 is 2. The van der Waals surface area contributed by atoms with Crippen LogP contribution in [-0.2, 0) is 9.53 Å². The molecule has 0 radical (unpaired) electrons. The molecule has 1 saturated heterocycles. The molecule has 9 nitrogen and oxygen atoms in total. The van der Waals surface area contributed by atoms with Gasteiger partial charge in [-0.1, -0.05) is 0 Å². The van der Waals surface area contributed by atoms with Crippen LogP contribution in [0.1, 0.15) is 35.8 Å². The molecule has 9 heteroatoms. The van der Waals surface area contributed by atoms with Crippen LogP contribution in [0.25, 0.3) is 10.9 Å². The zero-order valence-electron chi connectivity index (χ0n) is 27.1. The first kappa shape index (κ1) is 10.8. The van der Waals surface area contributed by atoms with E-state index in [1.54, 1.807) is 7.05 Å². The Morgan fingerprint density at radius 2 is 2.45 bits per heavy atom. The van der Waals surface area contributed by atoms with Crippen molar-refractivity contribution in [2.24, 2.45) is 0 Å². The third-order valence-electron chi connectivity index (χ3n) is 4.55. The number of nitrogens with zero attached hydrogens (tertiary/aromatic N) is 3. The molecule has 2 aromatic rings. The lowest BCUT2D eigenvalue weighted by Crippen LogP contribution is -2.36. The minimum atomic E-state index is -3.07. The number of hydrogen-bond donors (Lipinski definition) is 2. The zero-order valence-corrected chi connectivity index (χ0v) is 16.1. The molecule has 29 heavy (non-hydrogen) atoms. The lowest BCUT2D eigenvalue weighted by molar-refractivity contribution is -0.130. The molecule has 0 aliphatic carbocycles. The SMILES string of the molecule is [2H]c1c(OC([2H])([2H])[2H])c(OC([2H])([2H])[2H])c(C)c2c(N([2H])[2H])nc(N(C)CCCN([2H])C(=O)C3([2H])CCCO3)nc12. The number of nitrogens with one attached hydrogen (secondary N) is 1. The number of benzene rings is 1. The summed E-state index contributed by atoms with van der Waals surface area (Å²) in [5.74, 6) is -2.49. The van der Waals surface area contributed by atoms with Gasteiger partial charge in [-0.2, -0.15) is 4.98 Å². The molecule has 2 heterocycles. The van der Waals surface area contributed by atoms with E-state index >= 15 is 0 Å². The molecular weight excluding hydrogens is 374 g/mol. The van der Waals surface area contributed by atoms with Gasteiger partial charge in [0.15, 0.2) is 15.7 Å². The number of aromatic nitrogens is 2. The van der Waals surface area contributed by atoms with Crippen LogP contribution in [0.3, 0.4) is 0 Å². The third-order valence-corrected chi connectivity index (χ3v) is 4.55. The summed E-state index contributed by atoms with van der Waals surface area (Å²) in [6.45, 7) is 1.73. The summed E-state index contributed by atoms with van der Waals surface area (Å²) in [5, 5.41) is 0.564. The number of fused-ring (bicyclic) bond motifs is 1. The molecule has 158 valence electrons. The predicted molar refractivity (Wildman–Crippen MR) is 112 cm³/mol. The quantitative estimate of drug-likeness (QED) is 0.637. The van der Waals surface area contributed by atoms with Crippen LogP contribution in [-0.4, -0.2) is 62.8 Å². The van der Waals surface area contributed by atoms with Crippen LogP contribution in [0.15, 0.2) is 6.04 Å². The average Bonchev–Trinajstić information content (AvgIpc) is 3.29. The van der Waals surface area contributed by atoms with Crippen molar-refractivity contribution >= 4 is 28.6 Å². The van der Waals surface area contributed by atoms with Gasteiger partial charge in [0.25, 0.3) is 0 Å². The Morgan fingerprint density at radius 3 is 3.17 bits per heavy atom. The Balaban J connectivity index is 1.98. The molecule has 1 aliphatic heterocycles. The van der Waals surface area contributed by atoms with E-state index in [9.17, 15) is 4.79 Å². The number of carbonyl (C=O) groups excluding carboxylic acids is 1. The fourth-order valence-corrected chi connectivity index (χ4v) is 3.03. The van der Waals surface area contributed by atoms with Crippen molar-refractivity contribution in [3.05, 3.63) is 11.6 Å². The zero-order chi connectivity index (χ0) is 30.2. The number of rotatable bonds is 9. The molecule has 1 unspecified atom stereocenters. The summed E-state index contributed by atoms with van der Waals surface area (Å²) in [6, 6.07) is -0.656. The van der Waals surface area contributed by atoms with Crippen LogP contribution in [0.4, 0.5) is 11.8 Å². The van der Waals surface area contributed by atoms with E-state index in [0.717, 1.165) is 0 Å². The number of hydrogen-bond acceptors (Lipinski definition) is 8. The van der Waals surface area contributed by atoms with Crippen LogP contribution in [0.5, 0.6) is 11.5 Å². The Hall–Kier alpha value is -2.81. The molecular formula is C20H29N5O4.